The van der Waals surface area contributed by atoms with Crippen molar-refractivity contribution in [1.29, 1.82) is 0 Å². The quantitative estimate of drug-likeness (QED) is 0.925. The van der Waals surface area contributed by atoms with E-state index in [0.717, 1.165) is 44.6 Å². The van der Waals surface area contributed by atoms with Gasteiger partial charge in [-0.15, -0.1) is 0 Å². The lowest BCUT2D eigenvalue weighted by Gasteiger charge is -2.40. The number of likely N-dealkylation sites (tertiary alicyclic amines) is 1. The molecule has 0 unspecified atom stereocenters. The highest BCUT2D eigenvalue weighted by Gasteiger charge is 2.42. The van der Waals surface area contributed by atoms with Gasteiger partial charge in [-0.3, -0.25) is 9.69 Å². The zero-order valence-electron chi connectivity index (χ0n) is 15.3. The van der Waals surface area contributed by atoms with E-state index in [0.29, 0.717) is 6.54 Å². The minimum absolute atomic E-state index is 0.231. The summed E-state index contributed by atoms with van der Waals surface area (Å²) in [5, 5.41) is 3.17. The molecule has 2 aromatic carbocycles. The number of nitrogens with one attached hydrogen (secondary N) is 1. The van der Waals surface area contributed by atoms with Crippen LogP contribution >= 0.6 is 0 Å². The number of carbonyl (C=O) groups is 1. The third-order valence-corrected chi connectivity index (χ3v) is 5.92. The highest BCUT2D eigenvalue weighted by atomic mass is 16.5. The monoisotopic (exact) mass is 350 g/mol. The molecule has 4 rings (SSSR count). The van der Waals surface area contributed by atoms with Gasteiger partial charge < -0.3 is 10.1 Å². The number of rotatable bonds is 3. The van der Waals surface area contributed by atoms with Crippen LogP contribution in [0, 0.1) is 5.41 Å². The number of piperidine rings is 1. The van der Waals surface area contributed by atoms with E-state index in [1.165, 1.54) is 16.7 Å². The van der Waals surface area contributed by atoms with Crippen LogP contribution in [-0.4, -0.2) is 31.0 Å². The summed E-state index contributed by atoms with van der Waals surface area (Å²) in [6.07, 6.45) is 2.69. The zero-order chi connectivity index (χ0) is 18.0. The van der Waals surface area contributed by atoms with Crippen molar-refractivity contribution in [3.63, 3.8) is 0 Å². The number of hydrogen-bond acceptors (Lipinski definition) is 3. The lowest BCUT2D eigenvalue weighted by molar-refractivity contribution is -0.133. The molecule has 2 aliphatic heterocycles. The smallest absolute Gasteiger partial charge is 0.226 e. The van der Waals surface area contributed by atoms with E-state index in [1.807, 2.05) is 12.1 Å². The molecule has 0 aliphatic carbocycles. The number of amides is 1. The molecule has 0 saturated carbocycles. The van der Waals surface area contributed by atoms with E-state index >= 15 is 0 Å². The number of fused-ring (bicyclic) bond motifs is 1. The molecule has 1 saturated heterocycles. The third kappa shape index (κ3) is 3.34. The van der Waals surface area contributed by atoms with E-state index in [1.54, 1.807) is 7.11 Å². The maximum atomic E-state index is 12.9. The normalized spacial score (nSPS) is 19.5. The first-order chi connectivity index (χ1) is 12.7. The zero-order valence-corrected chi connectivity index (χ0v) is 15.3. The summed E-state index contributed by atoms with van der Waals surface area (Å²) in [5.74, 6) is 1.13. The maximum absolute atomic E-state index is 12.9. The van der Waals surface area contributed by atoms with Crippen molar-refractivity contribution in [3.05, 3.63) is 65.2 Å². The van der Waals surface area contributed by atoms with Crippen molar-refractivity contribution < 1.29 is 9.53 Å². The van der Waals surface area contributed by atoms with Gasteiger partial charge in [0.25, 0.3) is 0 Å². The molecule has 1 spiro atoms. The first-order valence-corrected chi connectivity index (χ1v) is 9.39. The Kier molecular flexibility index (Phi) is 4.68. The Morgan fingerprint density at radius 1 is 1.08 bits per heavy atom. The molecule has 0 atom stereocenters. The summed E-state index contributed by atoms with van der Waals surface area (Å²) in [5.41, 5.74) is 3.59. The predicted molar refractivity (Wildman–Crippen MR) is 102 cm³/mol. The fourth-order valence-electron chi connectivity index (χ4n) is 4.28. The Balaban J connectivity index is 1.45. The fourth-order valence-corrected chi connectivity index (χ4v) is 4.28. The minimum Gasteiger partial charge on any atom is -0.497 e. The van der Waals surface area contributed by atoms with Crippen LogP contribution in [0.2, 0.25) is 0 Å². The van der Waals surface area contributed by atoms with Crippen LogP contribution in [0.5, 0.6) is 5.75 Å². The lowest BCUT2D eigenvalue weighted by atomic mass is 9.73. The van der Waals surface area contributed by atoms with Crippen LogP contribution in [0.1, 0.15) is 29.5 Å². The standard InChI is InChI=1S/C22H26N2O2/c1-26-20-8-4-5-17(13-20)16-24-11-9-22(10-12-24)14-18-6-2-3-7-19(18)15-23-21(22)25/h2-8,13H,9-12,14-16H2,1H3,(H,23,25). The van der Waals surface area contributed by atoms with Crippen molar-refractivity contribution in [3.8, 4) is 5.75 Å². The Bertz CT molecular complexity index is 794. The molecular formula is C22H26N2O2. The van der Waals surface area contributed by atoms with Gasteiger partial charge in [0.1, 0.15) is 5.75 Å². The average molecular weight is 350 g/mol. The van der Waals surface area contributed by atoms with Crippen LogP contribution in [0.25, 0.3) is 0 Å². The van der Waals surface area contributed by atoms with Crippen molar-refractivity contribution in [2.24, 2.45) is 5.41 Å². The molecule has 26 heavy (non-hydrogen) atoms. The van der Waals surface area contributed by atoms with Crippen molar-refractivity contribution in [1.82, 2.24) is 10.2 Å². The van der Waals surface area contributed by atoms with Gasteiger partial charge in [0, 0.05) is 13.1 Å². The first-order valence-electron chi connectivity index (χ1n) is 9.39. The summed E-state index contributed by atoms with van der Waals surface area (Å²) < 4.78 is 5.32. The summed E-state index contributed by atoms with van der Waals surface area (Å²) in [4.78, 5) is 15.3. The molecule has 0 aromatic heterocycles. The Hall–Kier alpha value is -2.33. The number of methoxy groups -OCH3 is 1. The lowest BCUT2D eigenvalue weighted by Crippen LogP contribution is -2.48. The van der Waals surface area contributed by atoms with Crippen molar-refractivity contribution in [2.45, 2.75) is 32.4 Å². The van der Waals surface area contributed by atoms with Crippen LogP contribution in [0.4, 0.5) is 0 Å². The largest absolute Gasteiger partial charge is 0.497 e. The molecule has 1 N–H and O–H groups in total. The molecular weight excluding hydrogens is 324 g/mol. The van der Waals surface area contributed by atoms with Gasteiger partial charge >= 0.3 is 0 Å². The second-order valence-electron chi connectivity index (χ2n) is 7.54. The Labute approximate surface area is 155 Å². The molecule has 2 aliphatic rings. The Morgan fingerprint density at radius 3 is 2.62 bits per heavy atom. The number of ether oxygens (including phenoxy) is 1. The summed E-state index contributed by atoms with van der Waals surface area (Å²) in [7, 11) is 1.70. The molecule has 2 heterocycles. The van der Waals surface area contributed by atoms with Gasteiger partial charge in [0.05, 0.1) is 12.5 Å². The molecule has 0 radical (unpaired) electrons. The molecule has 4 nitrogen and oxygen atoms in total. The molecule has 1 amide bonds. The second-order valence-corrected chi connectivity index (χ2v) is 7.54. The number of hydrogen-bond donors (Lipinski definition) is 1. The van der Waals surface area contributed by atoms with Gasteiger partial charge in [0.15, 0.2) is 0 Å². The summed E-state index contributed by atoms with van der Waals surface area (Å²) in [6, 6.07) is 16.7. The molecule has 1 fully saturated rings. The number of nitrogens with zero attached hydrogens (tertiary/aromatic N) is 1. The van der Waals surface area contributed by atoms with E-state index in [9.17, 15) is 4.79 Å². The first kappa shape index (κ1) is 17.1. The summed E-state index contributed by atoms with van der Waals surface area (Å²) in [6.45, 7) is 3.47. The molecule has 136 valence electrons. The number of carbonyl (C=O) groups excluding carboxylic acids is 1. The van der Waals surface area contributed by atoms with Crippen LogP contribution in [0.3, 0.4) is 0 Å². The van der Waals surface area contributed by atoms with Crippen LogP contribution in [0.15, 0.2) is 48.5 Å². The maximum Gasteiger partial charge on any atom is 0.226 e. The van der Waals surface area contributed by atoms with Gasteiger partial charge in [-0.25, -0.2) is 0 Å². The topological polar surface area (TPSA) is 41.6 Å². The fraction of sp³-hybridized carbons (Fsp3) is 0.409. The van der Waals surface area contributed by atoms with Crippen LogP contribution < -0.4 is 10.1 Å². The minimum atomic E-state index is -0.252. The van der Waals surface area contributed by atoms with E-state index in [-0.39, 0.29) is 11.3 Å². The predicted octanol–water partition coefficient (Wildman–Crippen LogP) is 3.15. The third-order valence-electron chi connectivity index (χ3n) is 5.92. The summed E-state index contributed by atoms with van der Waals surface area (Å²) >= 11 is 0. The molecule has 2 aromatic rings. The molecule has 0 bridgehead atoms. The highest BCUT2D eigenvalue weighted by molar-refractivity contribution is 5.83. The van der Waals surface area contributed by atoms with Gasteiger partial charge in [-0.2, -0.15) is 0 Å². The average Bonchev–Trinajstić information content (AvgIpc) is 2.81. The Morgan fingerprint density at radius 2 is 1.85 bits per heavy atom. The molecule has 4 heteroatoms. The van der Waals surface area contributed by atoms with E-state index in [4.69, 9.17) is 4.74 Å². The van der Waals surface area contributed by atoms with Gasteiger partial charge in [0.2, 0.25) is 5.91 Å². The highest BCUT2D eigenvalue weighted by Crippen LogP contribution is 2.38. The number of benzene rings is 2. The van der Waals surface area contributed by atoms with Crippen molar-refractivity contribution >= 4 is 5.91 Å². The van der Waals surface area contributed by atoms with Gasteiger partial charge in [-0.05, 0) is 61.2 Å². The SMILES string of the molecule is COc1cccc(CN2CCC3(CC2)Cc2ccccc2CNC3=O)c1. The van der Waals surface area contributed by atoms with E-state index in [2.05, 4.69) is 46.6 Å². The van der Waals surface area contributed by atoms with Gasteiger partial charge in [-0.1, -0.05) is 36.4 Å². The van der Waals surface area contributed by atoms with Crippen molar-refractivity contribution in [2.75, 3.05) is 20.2 Å². The second kappa shape index (κ2) is 7.12. The van der Waals surface area contributed by atoms with Crippen LogP contribution in [-0.2, 0) is 24.3 Å². The van der Waals surface area contributed by atoms with E-state index < -0.39 is 0 Å².